The molecule has 0 bridgehead atoms. The van der Waals surface area contributed by atoms with E-state index in [0.29, 0.717) is 25.1 Å². The molecule has 0 saturated heterocycles. The molecule has 1 unspecified atom stereocenters. The number of carbonyl (C=O) groups excluding carboxylic acids is 1. The minimum atomic E-state index is -0.615. The lowest BCUT2D eigenvalue weighted by Crippen LogP contribution is -2.40. The molecule has 3 N–H and O–H groups in total. The van der Waals surface area contributed by atoms with E-state index in [9.17, 15) is 19.3 Å². The zero-order valence-electron chi connectivity index (χ0n) is 18.7. The first-order chi connectivity index (χ1) is 16.9. The van der Waals surface area contributed by atoms with Crippen molar-refractivity contribution in [2.45, 2.75) is 31.8 Å². The molecule has 0 spiro atoms. The molecule has 5 rings (SSSR count). The number of carbonyl (C=O) groups is 1. The van der Waals surface area contributed by atoms with Crippen LogP contribution >= 0.6 is 0 Å². The number of hydrogen-bond donors (Lipinski definition) is 2. The molecule has 0 radical (unpaired) electrons. The molecule has 3 aromatic carbocycles. The van der Waals surface area contributed by atoms with Crippen LogP contribution in [0.25, 0.3) is 10.9 Å². The van der Waals surface area contributed by atoms with Gasteiger partial charge in [0.05, 0.1) is 4.92 Å². The lowest BCUT2D eigenvalue weighted by Gasteiger charge is -2.25. The Morgan fingerprint density at radius 1 is 1.17 bits per heavy atom. The van der Waals surface area contributed by atoms with Crippen molar-refractivity contribution < 1.29 is 18.8 Å². The van der Waals surface area contributed by atoms with Gasteiger partial charge in [-0.15, -0.1) is 0 Å². The van der Waals surface area contributed by atoms with E-state index in [0.717, 1.165) is 34.1 Å². The van der Waals surface area contributed by atoms with Gasteiger partial charge in [-0.2, -0.15) is 0 Å². The molecular formula is C26H23FN4O4. The first-order valence-corrected chi connectivity index (χ1v) is 11.2. The molecule has 0 aliphatic heterocycles. The number of halogens is 1. The number of nitro groups is 1. The van der Waals surface area contributed by atoms with E-state index in [1.54, 1.807) is 6.07 Å². The molecule has 4 aromatic rings. The Labute approximate surface area is 200 Å². The lowest BCUT2D eigenvalue weighted by molar-refractivity contribution is -0.384. The smallest absolute Gasteiger partial charge is 0.410 e. The van der Waals surface area contributed by atoms with E-state index >= 15 is 0 Å². The molecule has 1 aromatic heterocycles. The molecule has 0 saturated carbocycles. The Morgan fingerprint density at radius 2 is 1.97 bits per heavy atom. The van der Waals surface area contributed by atoms with Gasteiger partial charge in [-0.05, 0) is 72.9 Å². The van der Waals surface area contributed by atoms with Gasteiger partial charge in [0.25, 0.3) is 5.69 Å². The number of aromatic nitrogens is 1. The molecule has 178 valence electrons. The van der Waals surface area contributed by atoms with E-state index in [-0.39, 0.29) is 23.3 Å². The van der Waals surface area contributed by atoms with Crippen molar-refractivity contribution >= 4 is 28.4 Å². The molecule has 1 atom stereocenters. The minimum Gasteiger partial charge on any atom is -0.410 e. The third-order valence-corrected chi connectivity index (χ3v) is 6.30. The summed E-state index contributed by atoms with van der Waals surface area (Å²) in [7, 11) is 0. The second-order valence-corrected chi connectivity index (χ2v) is 8.64. The van der Waals surface area contributed by atoms with Gasteiger partial charge in [0.1, 0.15) is 11.6 Å². The summed E-state index contributed by atoms with van der Waals surface area (Å²) in [5.41, 5.74) is 10.8. The third kappa shape index (κ3) is 4.65. The molecule has 1 heterocycles. The second-order valence-electron chi connectivity index (χ2n) is 8.64. The van der Waals surface area contributed by atoms with E-state index in [4.69, 9.17) is 10.5 Å². The Balaban J connectivity index is 1.36. The number of nitrogen functional groups attached to an aromatic ring is 1. The first kappa shape index (κ1) is 22.4. The van der Waals surface area contributed by atoms with Gasteiger partial charge in [-0.3, -0.25) is 10.1 Å². The summed E-state index contributed by atoms with van der Waals surface area (Å²) in [5.74, 6) is -0.0445. The van der Waals surface area contributed by atoms with Crippen LogP contribution in [-0.2, 0) is 19.4 Å². The summed E-state index contributed by atoms with van der Waals surface area (Å²) in [6.07, 6.45) is 1.41. The van der Waals surface area contributed by atoms with Gasteiger partial charge in [0, 0.05) is 47.0 Å². The predicted octanol–water partition coefficient (Wildman–Crippen LogP) is 4.97. The number of amides is 1. The Hall–Kier alpha value is -4.40. The van der Waals surface area contributed by atoms with Crippen molar-refractivity contribution in [3.05, 3.63) is 99.5 Å². The molecule has 8 nitrogen and oxygen atoms in total. The number of anilines is 1. The third-order valence-electron chi connectivity index (χ3n) is 6.30. The highest BCUT2D eigenvalue weighted by atomic mass is 19.1. The van der Waals surface area contributed by atoms with Crippen molar-refractivity contribution in [3.63, 3.8) is 0 Å². The molecule has 0 fully saturated rings. The quantitative estimate of drug-likeness (QED) is 0.241. The molecule has 1 amide bonds. The summed E-state index contributed by atoms with van der Waals surface area (Å²) in [5, 5.41) is 14.7. The summed E-state index contributed by atoms with van der Waals surface area (Å²) < 4.78 is 21.3. The molecular weight excluding hydrogens is 451 g/mol. The number of fused-ring (bicyclic) bond motifs is 3. The van der Waals surface area contributed by atoms with Crippen LogP contribution in [0, 0.1) is 15.9 Å². The summed E-state index contributed by atoms with van der Waals surface area (Å²) in [6.45, 7) is 0.536. The number of hydrogen-bond acceptors (Lipinski definition) is 5. The number of nitrogens with two attached hydrogens (primary N) is 1. The van der Waals surface area contributed by atoms with Gasteiger partial charge >= 0.3 is 6.09 Å². The fraction of sp³-hybridized carbons (Fsp3) is 0.192. The van der Waals surface area contributed by atoms with Crippen LogP contribution in [0.15, 0.2) is 66.7 Å². The topological polar surface area (TPSA) is 112 Å². The highest BCUT2D eigenvalue weighted by molar-refractivity contribution is 5.89. The molecule has 1 aliphatic carbocycles. The standard InChI is InChI=1S/C26H23FN4O4/c27-17-3-1-2-16(12-17)15-30-24-10-4-18(28)13-22(24)23-14-19(5-11-25(23)30)29-26(32)35-21-8-6-20(7-9-21)31(33)34/h1-4,6-10,12-13,19H,5,11,14-15,28H2,(H,29,32). The predicted molar refractivity (Wildman–Crippen MR) is 130 cm³/mol. The van der Waals surface area contributed by atoms with Crippen LogP contribution in [0.3, 0.4) is 0 Å². The molecule has 9 heteroatoms. The number of ether oxygens (including phenoxy) is 1. The second kappa shape index (κ2) is 9.09. The highest BCUT2D eigenvalue weighted by Crippen LogP contribution is 2.34. The van der Waals surface area contributed by atoms with E-state index in [1.165, 1.54) is 36.4 Å². The fourth-order valence-corrected chi connectivity index (χ4v) is 4.73. The van der Waals surface area contributed by atoms with Crippen LogP contribution in [0.2, 0.25) is 0 Å². The highest BCUT2D eigenvalue weighted by Gasteiger charge is 2.27. The lowest BCUT2D eigenvalue weighted by atomic mass is 9.91. The average Bonchev–Trinajstić information content (AvgIpc) is 3.11. The maximum atomic E-state index is 13.8. The van der Waals surface area contributed by atoms with Crippen molar-refractivity contribution in [3.8, 4) is 5.75 Å². The monoisotopic (exact) mass is 474 g/mol. The molecule has 1 aliphatic rings. The summed E-state index contributed by atoms with van der Waals surface area (Å²) in [6, 6.07) is 17.5. The minimum absolute atomic E-state index is 0.0773. The average molecular weight is 474 g/mol. The van der Waals surface area contributed by atoms with Gasteiger partial charge in [0.15, 0.2) is 0 Å². The number of nitrogens with one attached hydrogen (secondary N) is 1. The number of nitro benzene ring substituents is 1. The number of non-ortho nitro benzene ring substituents is 1. The van der Waals surface area contributed by atoms with Crippen LogP contribution in [0.1, 0.15) is 23.2 Å². The summed E-state index contributed by atoms with van der Waals surface area (Å²) in [4.78, 5) is 22.8. The zero-order chi connectivity index (χ0) is 24.5. The van der Waals surface area contributed by atoms with Crippen LogP contribution in [-0.4, -0.2) is 21.6 Å². The maximum Gasteiger partial charge on any atom is 0.412 e. The Morgan fingerprint density at radius 3 is 2.71 bits per heavy atom. The van der Waals surface area contributed by atoms with Crippen LogP contribution in [0.4, 0.5) is 20.6 Å². The van der Waals surface area contributed by atoms with E-state index in [2.05, 4.69) is 9.88 Å². The number of nitrogens with zero attached hydrogens (tertiary/aromatic N) is 2. The van der Waals surface area contributed by atoms with Crippen molar-refractivity contribution in [1.29, 1.82) is 0 Å². The van der Waals surface area contributed by atoms with Crippen molar-refractivity contribution in [2.75, 3.05) is 5.73 Å². The van der Waals surface area contributed by atoms with Crippen LogP contribution in [0.5, 0.6) is 5.75 Å². The SMILES string of the molecule is Nc1ccc2c(c1)c1c(n2Cc2cccc(F)c2)CCC(NC(=O)Oc2ccc([N+](=O)[O-])cc2)C1. The Bertz CT molecular complexity index is 1430. The van der Waals surface area contributed by atoms with Gasteiger partial charge in [-0.25, -0.2) is 9.18 Å². The number of rotatable bonds is 5. The Kier molecular flexibility index (Phi) is 5.82. The van der Waals surface area contributed by atoms with Gasteiger partial charge in [0.2, 0.25) is 0 Å². The first-order valence-electron chi connectivity index (χ1n) is 11.2. The zero-order valence-corrected chi connectivity index (χ0v) is 18.7. The maximum absolute atomic E-state index is 13.8. The van der Waals surface area contributed by atoms with Crippen molar-refractivity contribution in [2.24, 2.45) is 0 Å². The molecule has 35 heavy (non-hydrogen) atoms. The number of benzene rings is 3. The van der Waals surface area contributed by atoms with Gasteiger partial charge < -0.3 is 20.4 Å². The van der Waals surface area contributed by atoms with Crippen LogP contribution < -0.4 is 15.8 Å². The van der Waals surface area contributed by atoms with Gasteiger partial charge in [-0.1, -0.05) is 12.1 Å². The van der Waals surface area contributed by atoms with E-state index in [1.807, 2.05) is 24.3 Å². The fourth-order valence-electron chi connectivity index (χ4n) is 4.73. The summed E-state index contributed by atoms with van der Waals surface area (Å²) >= 11 is 0. The van der Waals surface area contributed by atoms with Crippen molar-refractivity contribution in [1.82, 2.24) is 9.88 Å². The van der Waals surface area contributed by atoms with E-state index < -0.39 is 11.0 Å². The largest absolute Gasteiger partial charge is 0.412 e. The normalized spacial score (nSPS) is 14.9.